The van der Waals surface area contributed by atoms with Crippen LogP contribution in [0.4, 0.5) is 0 Å². The van der Waals surface area contributed by atoms with E-state index in [1.165, 1.54) is 6.08 Å². The van der Waals surface area contributed by atoms with Gasteiger partial charge in [-0.2, -0.15) is 8.42 Å². The van der Waals surface area contributed by atoms with Crippen molar-refractivity contribution in [2.75, 3.05) is 6.26 Å². The summed E-state index contributed by atoms with van der Waals surface area (Å²) in [6, 6.07) is 0. The Kier molecular flexibility index (Phi) is 7.50. The Morgan fingerprint density at radius 1 is 1.39 bits per heavy atom. The highest BCUT2D eigenvalue weighted by Crippen LogP contribution is 2.40. The maximum Gasteiger partial charge on any atom is 0.334 e. The minimum atomic E-state index is -4.21. The van der Waals surface area contributed by atoms with E-state index in [9.17, 15) is 27.9 Å². The molecule has 1 fully saturated rings. The highest BCUT2D eigenvalue weighted by atomic mass is 32.2. The quantitative estimate of drug-likeness (QED) is 0.368. The molecule has 1 aliphatic heterocycles. The van der Waals surface area contributed by atoms with Crippen molar-refractivity contribution in [2.24, 2.45) is 17.8 Å². The lowest BCUT2D eigenvalue weighted by atomic mass is 9.77. The predicted molar refractivity (Wildman–Crippen MR) is 110 cm³/mol. The third-order valence-electron chi connectivity index (χ3n) is 5.33. The predicted octanol–water partition coefficient (Wildman–Crippen LogP) is 1.30. The van der Waals surface area contributed by atoms with Crippen molar-refractivity contribution in [1.82, 2.24) is 0 Å². The number of hydrogen-bond donors (Lipinski definition) is 1. The van der Waals surface area contributed by atoms with Crippen molar-refractivity contribution in [2.45, 2.75) is 64.4 Å². The van der Waals surface area contributed by atoms with Crippen LogP contribution in [0.1, 0.15) is 40.5 Å². The van der Waals surface area contributed by atoms with Crippen LogP contribution in [0.3, 0.4) is 0 Å². The fourth-order valence-electron chi connectivity index (χ4n) is 3.77. The van der Waals surface area contributed by atoms with Crippen molar-refractivity contribution < 1.29 is 41.6 Å². The average Bonchev–Trinajstić information content (AvgIpc) is 2.87. The smallest absolute Gasteiger partial charge is 0.334 e. The Morgan fingerprint density at radius 2 is 2.00 bits per heavy atom. The zero-order valence-electron chi connectivity index (χ0n) is 18.4. The number of carbonyl (C=O) groups is 3. The fraction of sp³-hybridized carbons (Fsp3) is 0.667. The van der Waals surface area contributed by atoms with Gasteiger partial charge in [0.05, 0.1) is 12.2 Å². The molecule has 0 bridgehead atoms. The maximum atomic E-state index is 12.8. The van der Waals surface area contributed by atoms with Crippen LogP contribution in [0.15, 0.2) is 24.3 Å². The molecule has 2 rings (SSSR count). The number of esters is 2. The van der Waals surface area contributed by atoms with Crippen LogP contribution in [0.2, 0.25) is 0 Å². The highest BCUT2D eigenvalue weighted by Gasteiger charge is 2.56. The first-order valence-electron chi connectivity index (χ1n) is 10.1. The van der Waals surface area contributed by atoms with Gasteiger partial charge in [0.15, 0.2) is 17.5 Å². The van der Waals surface area contributed by atoms with Gasteiger partial charge < -0.3 is 14.6 Å². The van der Waals surface area contributed by atoms with Crippen LogP contribution in [-0.4, -0.2) is 61.4 Å². The van der Waals surface area contributed by atoms with Gasteiger partial charge in [0.1, 0.15) is 12.2 Å². The summed E-state index contributed by atoms with van der Waals surface area (Å²) in [5, 5.41) is 11.1. The summed E-state index contributed by atoms with van der Waals surface area (Å²) >= 11 is 0. The number of fused-ring (bicyclic) bond motifs is 1. The molecule has 0 radical (unpaired) electrons. The minimum absolute atomic E-state index is 0.00679. The van der Waals surface area contributed by atoms with E-state index in [1.807, 2.05) is 0 Å². The topological polar surface area (TPSA) is 133 Å². The lowest BCUT2D eigenvalue weighted by molar-refractivity contribution is -0.177. The second-order valence-electron chi connectivity index (χ2n) is 8.85. The first kappa shape index (κ1) is 25.2. The maximum absolute atomic E-state index is 12.8. The van der Waals surface area contributed by atoms with E-state index in [1.54, 1.807) is 20.8 Å². The molecule has 6 atom stereocenters. The van der Waals surface area contributed by atoms with Crippen LogP contribution in [-0.2, 0) is 38.2 Å². The molecule has 0 aromatic rings. The van der Waals surface area contributed by atoms with Crippen molar-refractivity contribution in [3.63, 3.8) is 0 Å². The molecule has 31 heavy (non-hydrogen) atoms. The standard InChI is InChI=1S/C21H30O9S/c1-11(2)9-16(23)29-18-17-13(4)20(24)28-14(17)10-12(3)7-8-15(22)21(5,25)19(18)30-31(6,26)27/h7-8,11-12,14,17-19,25H,4,9-10H2,1-3,5-6H3/b8-7-/t12-,14-,17+,18+,19+,21+/m1/s1. The van der Waals surface area contributed by atoms with Crippen LogP contribution >= 0.6 is 0 Å². The van der Waals surface area contributed by atoms with Gasteiger partial charge in [-0.05, 0) is 31.3 Å². The van der Waals surface area contributed by atoms with Gasteiger partial charge in [-0.15, -0.1) is 0 Å². The van der Waals surface area contributed by atoms with Gasteiger partial charge >= 0.3 is 11.9 Å². The first-order chi connectivity index (χ1) is 14.1. The van der Waals surface area contributed by atoms with Crippen molar-refractivity contribution in [3.8, 4) is 0 Å². The number of rotatable bonds is 5. The summed E-state index contributed by atoms with van der Waals surface area (Å²) in [5.74, 6) is -3.57. The Labute approximate surface area is 182 Å². The third kappa shape index (κ3) is 6.02. The summed E-state index contributed by atoms with van der Waals surface area (Å²) in [7, 11) is -4.21. The van der Waals surface area contributed by atoms with Gasteiger partial charge in [-0.1, -0.05) is 33.4 Å². The summed E-state index contributed by atoms with van der Waals surface area (Å²) in [6.07, 6.45) is -0.483. The molecule has 1 saturated heterocycles. The number of carbonyl (C=O) groups excluding carboxylic acids is 3. The van der Waals surface area contributed by atoms with Gasteiger partial charge in [0, 0.05) is 12.0 Å². The minimum Gasteiger partial charge on any atom is -0.459 e. The summed E-state index contributed by atoms with van der Waals surface area (Å²) < 4.78 is 40.2. The van der Waals surface area contributed by atoms with E-state index < -0.39 is 57.7 Å². The molecule has 0 aromatic carbocycles. The van der Waals surface area contributed by atoms with Gasteiger partial charge in [-0.3, -0.25) is 13.8 Å². The number of hydrogen-bond acceptors (Lipinski definition) is 9. The molecular weight excluding hydrogens is 428 g/mol. The van der Waals surface area contributed by atoms with Crippen LogP contribution in [0.25, 0.3) is 0 Å². The molecule has 174 valence electrons. The molecule has 2 aliphatic rings. The monoisotopic (exact) mass is 458 g/mol. The normalized spacial score (nSPS) is 35.5. The third-order valence-corrected chi connectivity index (χ3v) is 5.89. The van der Waals surface area contributed by atoms with Crippen LogP contribution in [0.5, 0.6) is 0 Å². The lowest BCUT2D eigenvalue weighted by Crippen LogP contribution is -2.58. The molecule has 0 unspecified atom stereocenters. The molecule has 9 nitrogen and oxygen atoms in total. The average molecular weight is 459 g/mol. The molecule has 1 N–H and O–H groups in total. The molecule has 10 heteroatoms. The van der Waals surface area contributed by atoms with Crippen molar-refractivity contribution in [1.29, 1.82) is 0 Å². The van der Waals surface area contributed by atoms with E-state index in [2.05, 4.69) is 6.58 Å². The first-order valence-corrected chi connectivity index (χ1v) is 11.9. The number of ketones is 1. The molecule has 0 aromatic heterocycles. The Balaban J connectivity index is 2.67. The van der Waals surface area contributed by atoms with Crippen molar-refractivity contribution >= 4 is 27.8 Å². The molecular formula is C21H30O9S. The lowest BCUT2D eigenvalue weighted by Gasteiger charge is -2.39. The van der Waals surface area contributed by atoms with Gasteiger partial charge in [0.2, 0.25) is 0 Å². The number of ether oxygens (including phenoxy) is 2. The molecule has 1 heterocycles. The highest BCUT2D eigenvalue weighted by molar-refractivity contribution is 7.86. The van der Waals surface area contributed by atoms with E-state index in [4.69, 9.17) is 13.7 Å². The van der Waals surface area contributed by atoms with E-state index in [0.717, 1.165) is 19.3 Å². The summed E-state index contributed by atoms with van der Waals surface area (Å²) in [4.78, 5) is 37.6. The Morgan fingerprint density at radius 3 is 2.55 bits per heavy atom. The van der Waals surface area contributed by atoms with E-state index in [-0.39, 0.29) is 30.3 Å². The molecule has 0 spiro atoms. The van der Waals surface area contributed by atoms with E-state index in [0.29, 0.717) is 0 Å². The number of allylic oxidation sites excluding steroid dienone is 1. The second-order valence-corrected chi connectivity index (χ2v) is 10.5. The van der Waals surface area contributed by atoms with Crippen molar-refractivity contribution in [3.05, 3.63) is 24.3 Å². The molecule has 0 amide bonds. The fourth-order valence-corrected chi connectivity index (χ4v) is 4.44. The van der Waals surface area contributed by atoms with Crippen LogP contribution in [0, 0.1) is 17.8 Å². The second kappa shape index (κ2) is 9.22. The summed E-state index contributed by atoms with van der Waals surface area (Å²) in [6.45, 7) is 10.2. The largest absolute Gasteiger partial charge is 0.459 e. The van der Waals surface area contributed by atoms with Gasteiger partial charge in [0.25, 0.3) is 10.1 Å². The summed E-state index contributed by atoms with van der Waals surface area (Å²) in [5.41, 5.74) is -2.44. The van der Waals surface area contributed by atoms with E-state index >= 15 is 0 Å². The van der Waals surface area contributed by atoms with Crippen LogP contribution < -0.4 is 0 Å². The Hall–Kier alpha value is -2.04. The molecule has 0 saturated carbocycles. The SMILES string of the molecule is C=C1C(=O)O[C@@H]2C[C@H](C)/C=C\C(=O)[C@](C)(O)[C@@H](OS(C)(=O)=O)[C@@H](OC(=O)CC(C)C)[C@@H]12. The number of aliphatic hydroxyl groups is 1. The Bertz CT molecular complexity index is 885. The zero-order chi connectivity index (χ0) is 23.7. The van der Waals surface area contributed by atoms with Gasteiger partial charge in [-0.25, -0.2) is 4.79 Å². The molecule has 1 aliphatic carbocycles. The zero-order valence-corrected chi connectivity index (χ0v) is 19.2.